The van der Waals surface area contributed by atoms with Crippen molar-refractivity contribution in [3.05, 3.63) is 575 Å². The molecule has 694 valence electrons. The van der Waals surface area contributed by atoms with Crippen LogP contribution in [0.25, 0.3) is 238 Å². The van der Waals surface area contributed by atoms with Crippen LogP contribution < -0.4 is 5.32 Å². The first-order valence-corrected chi connectivity index (χ1v) is 50.2. The van der Waals surface area contributed by atoms with E-state index >= 15 is 0 Å². The minimum atomic E-state index is 0.0464. The highest BCUT2D eigenvalue weighted by Crippen LogP contribution is 2.47. The first-order valence-electron chi connectivity index (χ1n) is 50.2. The van der Waals surface area contributed by atoms with Gasteiger partial charge in [-0.1, -0.05) is 419 Å². The van der Waals surface area contributed by atoms with Gasteiger partial charge in [0.25, 0.3) is 0 Å². The van der Waals surface area contributed by atoms with Crippen LogP contribution >= 0.6 is 0 Å². The predicted molar refractivity (Wildman–Crippen MR) is 617 cm³/mol. The second-order valence-corrected chi connectivity index (χ2v) is 37.4. The fraction of sp³-hybridized carbons (Fsp3) is 0.00714. The summed E-state index contributed by atoms with van der Waals surface area (Å²) < 4.78 is 0. The number of benzene rings is 20. The van der Waals surface area contributed by atoms with Crippen molar-refractivity contribution in [1.82, 2.24) is 34.9 Å². The number of fused-ring (bicyclic) bond motifs is 8. The monoisotopic (exact) mass is 1890 g/mol. The molecule has 0 fully saturated rings. The summed E-state index contributed by atoms with van der Waals surface area (Å²) in [4.78, 5) is 34.6. The highest BCUT2D eigenvalue weighted by atomic mass is 14.9. The Morgan fingerprint density at radius 2 is 0.581 bits per heavy atom. The highest BCUT2D eigenvalue weighted by molar-refractivity contribution is 6.14. The molecule has 1 unspecified atom stereocenters. The smallest absolute Gasteiger partial charge is 0.160 e. The summed E-state index contributed by atoms with van der Waals surface area (Å²) in [6, 6.07) is 187. The first kappa shape index (κ1) is 89.7. The maximum Gasteiger partial charge on any atom is 0.160 e. The number of aromatic nitrogens is 7. The topological polar surface area (TPSA) is 102 Å². The maximum absolute atomic E-state index is 5.32. The van der Waals surface area contributed by atoms with Crippen LogP contribution in [0.5, 0.6) is 0 Å². The zero-order chi connectivity index (χ0) is 98.4. The van der Waals surface area contributed by atoms with Crippen LogP contribution in [0.15, 0.2) is 559 Å². The Kier molecular flexibility index (Phi) is 24.5. The van der Waals surface area contributed by atoms with Gasteiger partial charge < -0.3 is 5.32 Å². The van der Waals surface area contributed by atoms with Gasteiger partial charge in [-0.15, -0.1) is 0 Å². The molecule has 1 aliphatic heterocycles. The zero-order valence-electron chi connectivity index (χ0n) is 80.8. The molecule has 1 N–H and O–H groups in total. The highest BCUT2D eigenvalue weighted by Gasteiger charge is 2.26. The summed E-state index contributed by atoms with van der Waals surface area (Å²) in [7, 11) is 0. The van der Waals surface area contributed by atoms with Crippen LogP contribution in [-0.4, -0.2) is 34.9 Å². The molecule has 7 heterocycles. The van der Waals surface area contributed by atoms with Gasteiger partial charge in [0, 0.05) is 97.1 Å². The average molecular weight is 1890 g/mol. The van der Waals surface area contributed by atoms with E-state index in [1.54, 1.807) is 0 Å². The Bertz CT molecular complexity index is 9170. The lowest BCUT2D eigenvalue weighted by atomic mass is 9.87. The zero-order valence-corrected chi connectivity index (χ0v) is 80.8. The van der Waals surface area contributed by atoms with E-state index in [0.29, 0.717) is 5.82 Å². The van der Waals surface area contributed by atoms with E-state index in [9.17, 15) is 0 Å². The molecule has 6 aromatic heterocycles. The molecule has 148 heavy (non-hydrogen) atoms. The van der Waals surface area contributed by atoms with Crippen LogP contribution in [0.4, 0.5) is 5.69 Å². The number of hydrogen-bond acceptors (Lipinski definition) is 8. The van der Waals surface area contributed by atoms with Gasteiger partial charge in [0.1, 0.15) is 0 Å². The third-order valence-corrected chi connectivity index (χ3v) is 28.2. The van der Waals surface area contributed by atoms with Gasteiger partial charge in [-0.3, -0.25) is 19.9 Å². The van der Waals surface area contributed by atoms with E-state index in [4.69, 9.17) is 19.9 Å². The van der Waals surface area contributed by atoms with Gasteiger partial charge >= 0.3 is 0 Å². The number of hydrogen-bond donors (Lipinski definition) is 1. The summed E-state index contributed by atoms with van der Waals surface area (Å²) in [5.41, 5.74) is 37.8. The first-order chi connectivity index (χ1) is 73.3. The van der Waals surface area contributed by atoms with Crippen molar-refractivity contribution in [1.29, 1.82) is 0 Å². The van der Waals surface area contributed by atoms with E-state index in [0.717, 1.165) is 157 Å². The molecule has 1 aliphatic rings. The lowest BCUT2D eigenvalue weighted by Crippen LogP contribution is -2.15. The van der Waals surface area contributed by atoms with Crippen LogP contribution in [0.2, 0.25) is 0 Å². The van der Waals surface area contributed by atoms with Crippen LogP contribution in [-0.2, 0) is 0 Å². The second kappa shape index (κ2) is 40.4. The molecule has 0 bridgehead atoms. The van der Waals surface area contributed by atoms with Crippen molar-refractivity contribution < 1.29 is 0 Å². The number of anilines is 1. The van der Waals surface area contributed by atoms with E-state index < -0.39 is 0 Å². The summed E-state index contributed by atoms with van der Waals surface area (Å²) in [5, 5.41) is 17.3. The molecule has 0 saturated carbocycles. The van der Waals surface area contributed by atoms with Crippen LogP contribution in [0.1, 0.15) is 22.7 Å². The molecule has 0 aliphatic carbocycles. The lowest BCUT2D eigenvalue weighted by Gasteiger charge is -2.28. The normalized spacial score (nSPS) is 12.1. The third-order valence-electron chi connectivity index (χ3n) is 28.2. The number of nitrogens with one attached hydrogen (secondary N) is 1. The van der Waals surface area contributed by atoms with Crippen molar-refractivity contribution in [3.63, 3.8) is 0 Å². The van der Waals surface area contributed by atoms with E-state index in [1.807, 2.05) is 85.5 Å². The van der Waals surface area contributed by atoms with Crippen molar-refractivity contribution in [3.8, 4) is 168 Å². The molecule has 0 amide bonds. The van der Waals surface area contributed by atoms with Crippen molar-refractivity contribution in [2.75, 3.05) is 5.32 Å². The third kappa shape index (κ3) is 18.6. The number of pyridine rings is 5. The van der Waals surface area contributed by atoms with Gasteiger partial charge in [0.2, 0.25) is 0 Å². The molecule has 27 rings (SSSR count). The average Bonchev–Trinajstić information content (AvgIpc) is 0.760. The van der Waals surface area contributed by atoms with E-state index in [1.165, 1.54) is 98.4 Å². The van der Waals surface area contributed by atoms with E-state index in [2.05, 4.69) is 493 Å². The lowest BCUT2D eigenvalue weighted by molar-refractivity contribution is 0.976. The van der Waals surface area contributed by atoms with Crippen LogP contribution in [0.3, 0.4) is 0 Å². The summed E-state index contributed by atoms with van der Waals surface area (Å²) in [5.74, 6) is 0.656. The molecular formula is C140H94N8. The Hall–Kier alpha value is -19.7. The molecular weight excluding hydrogens is 1790 g/mol. The maximum atomic E-state index is 5.32. The molecule has 0 radical (unpaired) electrons. The summed E-state index contributed by atoms with van der Waals surface area (Å²) in [6.07, 6.45) is 9.88. The molecule has 20 aromatic carbocycles. The standard InChI is InChI=1S/C52H34N4.C48H32N2.C40H28N2/c1-3-15-44-35(11-1)13-9-17-46(44)41-31-42(47-18-10-14-36-12-2-4-16-45(36)47)33-43(32-41)52-55-50(39-25-21-37(22-26-39)48-19-5-7-29-53-48)34-51(56-52)40-27-23-38(24-28-40)49-20-6-8-30-54-49;1-4-14-33(15-5-1)37-24-25-46(49-32-37)41-27-38(26-40(28-41)45-29-36-20-10-11-21-42(36)43-22-12-13-23-44(43)45)39-30-47(34-16-6-2-7-17-34)50-48(31-39)35-18-8-3-9-19-35;1-2-8-27(9-3-1)33-21-22-36-37(26-38(42-39(36)25-33)34-20-15-28-10-4-5-11-32(28)24-34)30-18-16-29(17-19-30)35-14-6-12-31-13-7-23-41-40(31)35/h1-34H;1-32H;1-26,38,42H. The molecule has 26 aromatic rings. The molecule has 0 saturated heterocycles. The van der Waals surface area contributed by atoms with Gasteiger partial charge in [0.05, 0.1) is 51.4 Å². The van der Waals surface area contributed by atoms with Gasteiger partial charge in [0.15, 0.2) is 5.82 Å². The predicted octanol–water partition coefficient (Wildman–Crippen LogP) is 36.3. The molecule has 0 spiro atoms. The van der Waals surface area contributed by atoms with Crippen molar-refractivity contribution >= 4 is 76.0 Å². The van der Waals surface area contributed by atoms with Crippen molar-refractivity contribution in [2.45, 2.75) is 6.04 Å². The van der Waals surface area contributed by atoms with Gasteiger partial charge in [-0.05, 0) is 253 Å². The summed E-state index contributed by atoms with van der Waals surface area (Å²) >= 11 is 0. The minimum Gasteiger partial charge on any atom is -0.374 e. The molecule has 1 atom stereocenters. The molecule has 8 heteroatoms. The SMILES string of the molecule is C1=C(c2ccc(-c3cccc4cccnc34)cc2)c2ccc(-c3ccccc3)cc2NC1c1ccc2ccccc2c1.c1ccc(-c2ccc(-c3cc(-c4cc(-c5ccccc5)nc(-c5ccccc5)c4)cc(-c4cc5ccccc5c5ccccc45)c3)nc2)cc1.c1ccc(-c2ccc(-c3cc(-c4ccc(-c5ccccn5)cc4)nc(-c4cc(-c5cccc6ccccc56)cc(-c5cccc6ccccc56)c4)n3)cc2)nc1. The summed E-state index contributed by atoms with van der Waals surface area (Å²) in [6.45, 7) is 0. The Morgan fingerprint density at radius 3 is 1.17 bits per heavy atom. The quantitative estimate of drug-likeness (QED) is 0.0900. The fourth-order valence-corrected chi connectivity index (χ4v) is 20.7. The fourth-order valence-electron chi connectivity index (χ4n) is 20.7. The minimum absolute atomic E-state index is 0.0464. The van der Waals surface area contributed by atoms with Gasteiger partial charge in [-0.2, -0.15) is 0 Å². The Morgan fingerprint density at radius 1 is 0.169 bits per heavy atom. The Balaban J connectivity index is 0.000000116. The number of para-hydroxylation sites is 1. The largest absolute Gasteiger partial charge is 0.374 e. The van der Waals surface area contributed by atoms with Crippen molar-refractivity contribution in [2.24, 2.45) is 0 Å². The van der Waals surface area contributed by atoms with E-state index in [-0.39, 0.29) is 6.04 Å². The number of rotatable bonds is 17. The molecule has 8 nitrogen and oxygen atoms in total. The number of nitrogens with zero attached hydrogens (tertiary/aromatic N) is 7. The van der Waals surface area contributed by atoms with Crippen LogP contribution in [0, 0.1) is 0 Å². The Labute approximate surface area is 859 Å². The van der Waals surface area contributed by atoms with Gasteiger partial charge in [-0.25, -0.2) is 15.0 Å². The second-order valence-electron chi connectivity index (χ2n) is 37.4.